The molecule has 20 heavy (non-hydrogen) atoms. The van der Waals surface area contributed by atoms with Crippen molar-refractivity contribution in [3.63, 3.8) is 0 Å². The number of fused-ring (bicyclic) bond motifs is 1. The van der Waals surface area contributed by atoms with E-state index in [0.29, 0.717) is 16.6 Å². The fourth-order valence-electron chi connectivity index (χ4n) is 2.86. The third-order valence-electron chi connectivity index (χ3n) is 3.86. The fraction of sp³-hybridized carbons (Fsp3) is 0.250. The van der Waals surface area contributed by atoms with Gasteiger partial charge in [0.05, 0.1) is 6.04 Å². The first-order valence-corrected chi connectivity index (χ1v) is 7.41. The van der Waals surface area contributed by atoms with Crippen molar-refractivity contribution in [2.45, 2.75) is 19.1 Å². The summed E-state index contributed by atoms with van der Waals surface area (Å²) in [6.45, 7) is 2.27. The molecule has 1 atom stereocenters. The molecule has 0 aliphatic carbocycles. The largest absolute Gasteiger partial charge is 0.329 e. The van der Waals surface area contributed by atoms with E-state index in [2.05, 4.69) is 29.2 Å². The van der Waals surface area contributed by atoms with E-state index in [9.17, 15) is 0 Å². The first kappa shape index (κ1) is 13.9. The van der Waals surface area contributed by atoms with Crippen molar-refractivity contribution in [1.82, 2.24) is 4.90 Å². The molecule has 4 heteroatoms. The van der Waals surface area contributed by atoms with E-state index in [1.165, 1.54) is 11.1 Å². The van der Waals surface area contributed by atoms with Gasteiger partial charge in [0, 0.05) is 35.2 Å². The molecular formula is C16H16Cl2N2. The van der Waals surface area contributed by atoms with Gasteiger partial charge >= 0.3 is 0 Å². The first-order chi connectivity index (χ1) is 9.70. The van der Waals surface area contributed by atoms with Crippen LogP contribution in [0.25, 0.3) is 0 Å². The van der Waals surface area contributed by atoms with E-state index < -0.39 is 0 Å². The molecular weight excluding hydrogens is 291 g/mol. The van der Waals surface area contributed by atoms with Gasteiger partial charge in [-0.25, -0.2) is 0 Å². The average Bonchev–Trinajstić information content (AvgIpc) is 2.86. The van der Waals surface area contributed by atoms with Crippen LogP contribution in [0.1, 0.15) is 22.7 Å². The highest BCUT2D eigenvalue weighted by Crippen LogP contribution is 2.37. The summed E-state index contributed by atoms with van der Waals surface area (Å²) in [5.74, 6) is 0. The quantitative estimate of drug-likeness (QED) is 0.928. The third-order valence-corrected chi connectivity index (χ3v) is 4.52. The van der Waals surface area contributed by atoms with E-state index in [0.717, 1.165) is 18.7 Å². The molecule has 0 aromatic heterocycles. The van der Waals surface area contributed by atoms with E-state index in [4.69, 9.17) is 28.9 Å². The summed E-state index contributed by atoms with van der Waals surface area (Å²) in [6, 6.07) is 14.1. The SMILES string of the molecule is NCC(c1c(Cl)cccc1Cl)N1Cc2ccccc2C1. The number of rotatable bonds is 3. The van der Waals surface area contributed by atoms with Gasteiger partial charge in [0.1, 0.15) is 0 Å². The molecule has 1 heterocycles. The Hall–Kier alpha value is -1.06. The number of nitrogens with two attached hydrogens (primary N) is 1. The second-order valence-electron chi connectivity index (χ2n) is 5.06. The number of hydrogen-bond donors (Lipinski definition) is 1. The van der Waals surface area contributed by atoms with Crippen molar-refractivity contribution in [1.29, 1.82) is 0 Å². The Morgan fingerprint density at radius 2 is 1.50 bits per heavy atom. The van der Waals surface area contributed by atoms with E-state index in [-0.39, 0.29) is 6.04 Å². The van der Waals surface area contributed by atoms with Crippen LogP contribution in [0.4, 0.5) is 0 Å². The standard InChI is InChI=1S/C16H16Cl2N2/c17-13-6-3-7-14(18)16(13)15(8-19)20-9-11-4-1-2-5-12(11)10-20/h1-7,15H,8-10,19H2. The van der Waals surface area contributed by atoms with Crippen molar-refractivity contribution in [3.8, 4) is 0 Å². The fourth-order valence-corrected chi connectivity index (χ4v) is 3.51. The first-order valence-electron chi connectivity index (χ1n) is 6.65. The highest BCUT2D eigenvalue weighted by molar-refractivity contribution is 6.36. The molecule has 0 bridgehead atoms. The van der Waals surface area contributed by atoms with Crippen LogP contribution in [-0.4, -0.2) is 11.4 Å². The molecule has 2 aromatic rings. The van der Waals surface area contributed by atoms with Gasteiger partial charge in [0.15, 0.2) is 0 Å². The van der Waals surface area contributed by atoms with Crippen LogP contribution >= 0.6 is 23.2 Å². The molecule has 1 aliphatic rings. The van der Waals surface area contributed by atoms with E-state index in [1.807, 2.05) is 18.2 Å². The monoisotopic (exact) mass is 306 g/mol. The molecule has 0 saturated heterocycles. The Kier molecular flexibility index (Phi) is 3.99. The minimum Gasteiger partial charge on any atom is -0.329 e. The highest BCUT2D eigenvalue weighted by Gasteiger charge is 2.28. The predicted octanol–water partition coefficient (Wildman–Crippen LogP) is 4.01. The van der Waals surface area contributed by atoms with Crippen molar-refractivity contribution >= 4 is 23.2 Å². The molecule has 0 saturated carbocycles. The Bertz CT molecular complexity index is 582. The van der Waals surface area contributed by atoms with Crippen LogP contribution in [0, 0.1) is 0 Å². The number of hydrogen-bond acceptors (Lipinski definition) is 2. The molecule has 3 rings (SSSR count). The van der Waals surface area contributed by atoms with Crippen LogP contribution in [0.2, 0.25) is 10.0 Å². The van der Waals surface area contributed by atoms with Gasteiger partial charge in [-0.15, -0.1) is 0 Å². The maximum absolute atomic E-state index is 6.33. The smallest absolute Gasteiger partial charge is 0.0507 e. The topological polar surface area (TPSA) is 29.3 Å². The maximum atomic E-state index is 6.33. The summed E-state index contributed by atoms with van der Waals surface area (Å²) in [4.78, 5) is 2.33. The van der Waals surface area contributed by atoms with Crippen molar-refractivity contribution in [2.24, 2.45) is 5.73 Å². The summed E-state index contributed by atoms with van der Waals surface area (Å²) in [7, 11) is 0. The zero-order valence-electron chi connectivity index (χ0n) is 11.0. The molecule has 0 radical (unpaired) electrons. The van der Waals surface area contributed by atoms with Gasteiger partial charge in [0.2, 0.25) is 0 Å². The molecule has 2 N–H and O–H groups in total. The second-order valence-corrected chi connectivity index (χ2v) is 5.87. The van der Waals surface area contributed by atoms with Gasteiger partial charge in [-0.2, -0.15) is 0 Å². The second kappa shape index (κ2) is 5.74. The maximum Gasteiger partial charge on any atom is 0.0507 e. The van der Waals surface area contributed by atoms with E-state index in [1.54, 1.807) is 0 Å². The average molecular weight is 307 g/mol. The summed E-state index contributed by atoms with van der Waals surface area (Å²) in [5, 5.41) is 1.37. The molecule has 0 spiro atoms. The molecule has 1 aliphatic heterocycles. The summed E-state index contributed by atoms with van der Waals surface area (Å²) < 4.78 is 0. The Morgan fingerprint density at radius 1 is 0.950 bits per heavy atom. The highest BCUT2D eigenvalue weighted by atomic mass is 35.5. The lowest BCUT2D eigenvalue weighted by Gasteiger charge is -2.28. The summed E-state index contributed by atoms with van der Waals surface area (Å²) in [6.07, 6.45) is 0. The van der Waals surface area contributed by atoms with Crippen LogP contribution in [0.3, 0.4) is 0 Å². The van der Waals surface area contributed by atoms with Crippen molar-refractivity contribution < 1.29 is 0 Å². The van der Waals surface area contributed by atoms with E-state index >= 15 is 0 Å². The Morgan fingerprint density at radius 3 is 2.00 bits per heavy atom. The molecule has 104 valence electrons. The normalized spacial score (nSPS) is 16.1. The van der Waals surface area contributed by atoms with Gasteiger partial charge in [-0.3, -0.25) is 4.90 Å². The van der Waals surface area contributed by atoms with Gasteiger partial charge < -0.3 is 5.73 Å². The number of halogens is 2. The van der Waals surface area contributed by atoms with Crippen LogP contribution in [0.15, 0.2) is 42.5 Å². The summed E-state index contributed by atoms with van der Waals surface area (Å²) in [5.41, 5.74) is 9.65. The Balaban J connectivity index is 1.93. The molecule has 2 nitrogen and oxygen atoms in total. The zero-order valence-corrected chi connectivity index (χ0v) is 12.5. The molecule has 0 fully saturated rings. The van der Waals surface area contributed by atoms with Crippen molar-refractivity contribution in [3.05, 3.63) is 69.2 Å². The van der Waals surface area contributed by atoms with Gasteiger partial charge in [-0.1, -0.05) is 53.5 Å². The lowest BCUT2D eigenvalue weighted by molar-refractivity contribution is 0.205. The lowest BCUT2D eigenvalue weighted by Crippen LogP contribution is -2.30. The molecule has 1 unspecified atom stereocenters. The number of benzene rings is 2. The molecule has 2 aromatic carbocycles. The lowest BCUT2D eigenvalue weighted by atomic mass is 10.1. The minimum atomic E-state index is 0.0450. The van der Waals surface area contributed by atoms with Gasteiger partial charge in [-0.05, 0) is 23.3 Å². The van der Waals surface area contributed by atoms with Crippen LogP contribution in [-0.2, 0) is 13.1 Å². The molecule has 0 amide bonds. The van der Waals surface area contributed by atoms with Crippen LogP contribution in [0.5, 0.6) is 0 Å². The van der Waals surface area contributed by atoms with Gasteiger partial charge in [0.25, 0.3) is 0 Å². The van der Waals surface area contributed by atoms with Crippen LogP contribution < -0.4 is 5.73 Å². The third kappa shape index (κ3) is 2.45. The summed E-state index contributed by atoms with van der Waals surface area (Å²) >= 11 is 12.7. The predicted molar refractivity (Wildman–Crippen MR) is 83.9 cm³/mol. The Labute approximate surface area is 129 Å². The van der Waals surface area contributed by atoms with Crippen molar-refractivity contribution in [2.75, 3.05) is 6.54 Å². The minimum absolute atomic E-state index is 0.0450. The zero-order chi connectivity index (χ0) is 14.1. The number of nitrogens with zero attached hydrogens (tertiary/aromatic N) is 1.